The summed E-state index contributed by atoms with van der Waals surface area (Å²) in [5.74, 6) is 0.317. The van der Waals surface area contributed by atoms with E-state index in [2.05, 4.69) is 25.3 Å². The number of ketones is 1. The van der Waals surface area contributed by atoms with E-state index in [4.69, 9.17) is 11.6 Å². The fourth-order valence-corrected chi connectivity index (χ4v) is 3.87. The van der Waals surface area contributed by atoms with E-state index in [1.165, 1.54) is 30.7 Å². The van der Waals surface area contributed by atoms with Gasteiger partial charge in [-0.2, -0.15) is 0 Å². The van der Waals surface area contributed by atoms with Gasteiger partial charge >= 0.3 is 0 Å². The molecular formula is C18H11ClFN5OS. The number of carbonyl (C=O) groups excluding carboxylic acids is 1. The second-order valence-electron chi connectivity index (χ2n) is 5.59. The summed E-state index contributed by atoms with van der Waals surface area (Å²) in [6, 6.07) is 7.78. The van der Waals surface area contributed by atoms with E-state index in [1.54, 1.807) is 30.5 Å². The van der Waals surface area contributed by atoms with Gasteiger partial charge < -0.3 is 5.32 Å². The zero-order valence-corrected chi connectivity index (χ0v) is 15.5. The molecule has 9 heteroatoms. The molecule has 3 heterocycles. The molecule has 0 fully saturated rings. The van der Waals surface area contributed by atoms with Gasteiger partial charge in [-0.1, -0.05) is 17.7 Å². The van der Waals surface area contributed by atoms with Crippen molar-refractivity contribution in [3.8, 4) is 10.6 Å². The smallest absolute Gasteiger partial charge is 0.178 e. The third-order valence-corrected chi connectivity index (χ3v) is 5.17. The maximum atomic E-state index is 14.2. The minimum absolute atomic E-state index is 0.166. The molecule has 0 bridgehead atoms. The average molecular weight is 400 g/mol. The van der Waals surface area contributed by atoms with Crippen molar-refractivity contribution in [2.45, 2.75) is 6.92 Å². The number of benzene rings is 1. The van der Waals surface area contributed by atoms with Gasteiger partial charge in [0.1, 0.15) is 28.7 Å². The Labute approximate surface area is 162 Å². The van der Waals surface area contributed by atoms with E-state index in [0.29, 0.717) is 32.9 Å². The van der Waals surface area contributed by atoms with Crippen LogP contribution in [0.2, 0.25) is 5.02 Å². The van der Waals surface area contributed by atoms with Crippen LogP contribution in [0.3, 0.4) is 0 Å². The van der Waals surface area contributed by atoms with Gasteiger partial charge in [-0.25, -0.2) is 24.3 Å². The predicted octanol–water partition coefficient (Wildman–Crippen LogP) is 4.89. The van der Waals surface area contributed by atoms with Crippen LogP contribution >= 0.6 is 22.9 Å². The molecule has 0 aliphatic rings. The highest BCUT2D eigenvalue weighted by atomic mass is 35.5. The molecule has 0 saturated carbocycles. The number of hydrogen-bond donors (Lipinski definition) is 1. The van der Waals surface area contributed by atoms with Gasteiger partial charge in [0.2, 0.25) is 0 Å². The Bertz CT molecular complexity index is 1160. The van der Waals surface area contributed by atoms with Gasteiger partial charge in [-0.05, 0) is 18.2 Å². The van der Waals surface area contributed by atoms with E-state index in [9.17, 15) is 9.18 Å². The minimum atomic E-state index is -0.439. The summed E-state index contributed by atoms with van der Waals surface area (Å²) in [6.45, 7) is 1.43. The number of nitrogens with one attached hydrogen (secondary N) is 1. The maximum Gasteiger partial charge on any atom is 0.178 e. The van der Waals surface area contributed by atoms with Gasteiger partial charge in [0.05, 0.1) is 20.8 Å². The molecule has 0 saturated heterocycles. The Morgan fingerprint density at radius 2 is 2.07 bits per heavy atom. The largest absolute Gasteiger partial charge is 0.324 e. The Morgan fingerprint density at radius 1 is 1.22 bits per heavy atom. The number of anilines is 2. The number of rotatable bonds is 4. The lowest BCUT2D eigenvalue weighted by atomic mass is 10.2. The number of hydrogen-bond acceptors (Lipinski definition) is 7. The molecule has 1 N–H and O–H groups in total. The molecule has 3 aromatic heterocycles. The molecule has 134 valence electrons. The van der Waals surface area contributed by atoms with Crippen LogP contribution in [0.1, 0.15) is 17.4 Å². The molecule has 27 heavy (non-hydrogen) atoms. The highest BCUT2D eigenvalue weighted by Gasteiger charge is 2.17. The first-order valence-corrected chi connectivity index (χ1v) is 9.02. The average Bonchev–Trinajstić information content (AvgIpc) is 3.06. The molecule has 0 unspecified atom stereocenters. The van der Waals surface area contributed by atoms with E-state index in [1.807, 2.05) is 0 Å². The molecule has 4 rings (SSSR count). The van der Waals surface area contributed by atoms with Gasteiger partial charge in [0.15, 0.2) is 11.6 Å². The van der Waals surface area contributed by atoms with Crippen LogP contribution < -0.4 is 5.32 Å². The van der Waals surface area contributed by atoms with Crippen LogP contribution in [-0.4, -0.2) is 25.7 Å². The summed E-state index contributed by atoms with van der Waals surface area (Å²) in [6.07, 6.45) is 2.89. The predicted molar refractivity (Wildman–Crippen MR) is 103 cm³/mol. The van der Waals surface area contributed by atoms with Crippen molar-refractivity contribution >= 4 is 50.6 Å². The van der Waals surface area contributed by atoms with Gasteiger partial charge in [0, 0.05) is 19.2 Å². The molecule has 1 aromatic carbocycles. The summed E-state index contributed by atoms with van der Waals surface area (Å²) in [5, 5.41) is 3.81. The van der Waals surface area contributed by atoms with E-state index in [-0.39, 0.29) is 11.3 Å². The van der Waals surface area contributed by atoms with E-state index >= 15 is 0 Å². The lowest BCUT2D eigenvalue weighted by Crippen LogP contribution is -2.01. The molecule has 0 amide bonds. The van der Waals surface area contributed by atoms with Crippen molar-refractivity contribution in [1.29, 1.82) is 0 Å². The van der Waals surface area contributed by atoms with E-state index < -0.39 is 5.82 Å². The number of nitrogens with zero attached hydrogens (tertiary/aromatic N) is 4. The molecule has 6 nitrogen and oxygen atoms in total. The molecule has 0 spiro atoms. The molecule has 0 aliphatic carbocycles. The monoisotopic (exact) mass is 399 g/mol. The molecular weight excluding hydrogens is 389 g/mol. The lowest BCUT2D eigenvalue weighted by molar-refractivity contribution is 0.101. The SMILES string of the molecule is CC(=O)c1cc(Nc2nccc3nc(-c4c(F)cccc4Cl)sc23)ncn1. The van der Waals surface area contributed by atoms with Crippen molar-refractivity contribution in [1.82, 2.24) is 19.9 Å². The number of pyridine rings is 1. The standard InChI is InChI=1S/C18H11ClFN5OS/c1-9(26)13-7-14(23-8-22-13)25-17-16-12(5-6-21-17)24-18(27-16)15-10(19)3-2-4-11(15)20/h2-8H,1H3,(H,21,22,23,25). The number of thiazole rings is 1. The number of fused-ring (bicyclic) bond motifs is 1. The summed E-state index contributed by atoms with van der Waals surface area (Å²) >= 11 is 7.42. The maximum absolute atomic E-state index is 14.2. The number of aromatic nitrogens is 4. The Balaban J connectivity index is 1.78. The first-order valence-electron chi connectivity index (χ1n) is 7.83. The van der Waals surface area contributed by atoms with Gasteiger partial charge in [-0.15, -0.1) is 11.3 Å². The molecule has 0 aliphatic heterocycles. The first kappa shape index (κ1) is 17.4. The van der Waals surface area contributed by atoms with Crippen LogP contribution in [0, 0.1) is 5.82 Å². The summed E-state index contributed by atoms with van der Waals surface area (Å²) in [4.78, 5) is 28.3. The summed E-state index contributed by atoms with van der Waals surface area (Å²) < 4.78 is 15.0. The third kappa shape index (κ3) is 3.36. The van der Waals surface area contributed by atoms with Crippen molar-refractivity contribution in [2.24, 2.45) is 0 Å². The lowest BCUT2D eigenvalue weighted by Gasteiger charge is -2.05. The Kier molecular flexibility index (Phi) is 4.51. The first-order chi connectivity index (χ1) is 13.0. The van der Waals surface area contributed by atoms with E-state index in [0.717, 1.165) is 4.70 Å². The molecule has 4 aromatic rings. The summed E-state index contributed by atoms with van der Waals surface area (Å²) in [7, 11) is 0. The minimum Gasteiger partial charge on any atom is -0.324 e. The highest BCUT2D eigenvalue weighted by Crippen LogP contribution is 2.38. The van der Waals surface area contributed by atoms with Gasteiger partial charge in [-0.3, -0.25) is 4.79 Å². The van der Waals surface area contributed by atoms with Crippen LogP contribution in [0.25, 0.3) is 20.8 Å². The zero-order chi connectivity index (χ0) is 19.0. The Hall–Kier alpha value is -2.97. The fraction of sp³-hybridized carbons (Fsp3) is 0.0556. The van der Waals surface area contributed by atoms with Crippen LogP contribution in [0.15, 0.2) is 42.9 Å². The molecule has 0 radical (unpaired) electrons. The normalized spacial score (nSPS) is 10.9. The number of Topliss-reactive ketones (excluding diaryl/α,β-unsaturated/α-hetero) is 1. The highest BCUT2D eigenvalue weighted by molar-refractivity contribution is 7.22. The van der Waals surface area contributed by atoms with Crippen LogP contribution in [0.4, 0.5) is 16.0 Å². The number of halogens is 2. The topological polar surface area (TPSA) is 80.7 Å². The third-order valence-electron chi connectivity index (χ3n) is 3.76. The van der Waals surface area contributed by atoms with Crippen LogP contribution in [-0.2, 0) is 0 Å². The van der Waals surface area contributed by atoms with Crippen molar-refractivity contribution < 1.29 is 9.18 Å². The summed E-state index contributed by atoms with van der Waals surface area (Å²) in [5.41, 5.74) is 1.20. The number of carbonyl (C=O) groups is 1. The second-order valence-corrected chi connectivity index (χ2v) is 7.00. The Morgan fingerprint density at radius 3 is 2.85 bits per heavy atom. The second kappa shape index (κ2) is 6.98. The quantitative estimate of drug-likeness (QED) is 0.492. The van der Waals surface area contributed by atoms with Crippen molar-refractivity contribution in [2.75, 3.05) is 5.32 Å². The molecule has 0 atom stereocenters. The van der Waals surface area contributed by atoms with Crippen molar-refractivity contribution in [3.05, 3.63) is 59.4 Å². The van der Waals surface area contributed by atoms with Crippen LogP contribution in [0.5, 0.6) is 0 Å². The van der Waals surface area contributed by atoms with Crippen molar-refractivity contribution in [3.63, 3.8) is 0 Å². The van der Waals surface area contributed by atoms with Gasteiger partial charge in [0.25, 0.3) is 0 Å². The fourth-order valence-electron chi connectivity index (χ4n) is 2.49. The zero-order valence-electron chi connectivity index (χ0n) is 13.9.